The Morgan fingerprint density at radius 1 is 1.29 bits per heavy atom. The second kappa shape index (κ2) is 3.14. The molecule has 2 aromatic heterocycles. The van der Waals surface area contributed by atoms with E-state index < -0.39 is 0 Å². The van der Waals surface area contributed by atoms with Crippen molar-refractivity contribution in [2.45, 2.75) is 13.8 Å². The number of aromatic nitrogens is 2. The Morgan fingerprint density at radius 2 is 2.07 bits per heavy atom. The number of rotatable bonds is 1. The Morgan fingerprint density at radius 3 is 2.71 bits per heavy atom. The van der Waals surface area contributed by atoms with Crippen LogP contribution >= 0.6 is 0 Å². The van der Waals surface area contributed by atoms with Crippen LogP contribution in [-0.4, -0.2) is 9.97 Å². The number of nitrogens with zero attached hydrogens (tertiary/aromatic N) is 2. The van der Waals surface area contributed by atoms with Crippen molar-refractivity contribution < 1.29 is 4.42 Å². The van der Waals surface area contributed by atoms with Crippen LogP contribution in [0.3, 0.4) is 0 Å². The molecule has 0 atom stereocenters. The highest BCUT2D eigenvalue weighted by Gasteiger charge is 2.09. The van der Waals surface area contributed by atoms with Gasteiger partial charge in [-0.05, 0) is 19.4 Å². The van der Waals surface area contributed by atoms with Crippen LogP contribution < -0.4 is 5.73 Å². The number of oxazole rings is 1. The van der Waals surface area contributed by atoms with Gasteiger partial charge in [0.25, 0.3) is 0 Å². The van der Waals surface area contributed by atoms with Gasteiger partial charge < -0.3 is 10.2 Å². The van der Waals surface area contributed by atoms with Crippen molar-refractivity contribution in [3.8, 4) is 11.5 Å². The van der Waals surface area contributed by atoms with Crippen molar-refractivity contribution in [1.29, 1.82) is 0 Å². The Hall–Kier alpha value is -1.84. The minimum absolute atomic E-state index is 0.569. The van der Waals surface area contributed by atoms with Crippen molar-refractivity contribution in [1.82, 2.24) is 9.97 Å². The molecule has 4 heteroatoms. The van der Waals surface area contributed by atoms with E-state index in [4.69, 9.17) is 10.2 Å². The van der Waals surface area contributed by atoms with E-state index in [1.54, 1.807) is 18.7 Å². The highest BCUT2D eigenvalue weighted by Crippen LogP contribution is 2.24. The summed E-state index contributed by atoms with van der Waals surface area (Å²) in [4.78, 5) is 8.23. The molecular formula is C10H11N3O. The first-order valence-electron chi connectivity index (χ1n) is 4.31. The van der Waals surface area contributed by atoms with Gasteiger partial charge in [-0.15, -0.1) is 0 Å². The van der Waals surface area contributed by atoms with E-state index in [-0.39, 0.29) is 0 Å². The molecule has 2 aromatic rings. The maximum Gasteiger partial charge on any atom is 0.228 e. The molecule has 0 aliphatic heterocycles. The molecule has 2 N–H and O–H groups in total. The summed E-state index contributed by atoms with van der Waals surface area (Å²) in [7, 11) is 0. The van der Waals surface area contributed by atoms with Crippen LogP contribution in [-0.2, 0) is 0 Å². The molecule has 0 aliphatic rings. The van der Waals surface area contributed by atoms with Gasteiger partial charge in [-0.2, -0.15) is 0 Å². The van der Waals surface area contributed by atoms with Crippen molar-refractivity contribution in [2.24, 2.45) is 0 Å². The maximum absolute atomic E-state index is 5.73. The third-order valence-electron chi connectivity index (χ3n) is 2.10. The van der Waals surface area contributed by atoms with E-state index in [9.17, 15) is 0 Å². The van der Waals surface area contributed by atoms with Gasteiger partial charge in [-0.1, -0.05) is 0 Å². The summed E-state index contributed by atoms with van der Waals surface area (Å²) < 4.78 is 5.28. The van der Waals surface area contributed by atoms with Gasteiger partial charge in [0.15, 0.2) is 0 Å². The molecule has 0 saturated heterocycles. The van der Waals surface area contributed by atoms with Gasteiger partial charge in [0.2, 0.25) is 5.89 Å². The molecule has 0 unspecified atom stereocenters. The van der Waals surface area contributed by atoms with E-state index in [0.29, 0.717) is 11.6 Å². The van der Waals surface area contributed by atoms with Crippen molar-refractivity contribution >= 4 is 5.69 Å². The van der Waals surface area contributed by atoms with Gasteiger partial charge in [-0.25, -0.2) is 4.98 Å². The van der Waals surface area contributed by atoms with Crippen molar-refractivity contribution in [3.05, 3.63) is 29.9 Å². The quantitative estimate of drug-likeness (QED) is 0.744. The Labute approximate surface area is 81.8 Å². The van der Waals surface area contributed by atoms with Crippen molar-refractivity contribution in [3.63, 3.8) is 0 Å². The second-order valence-electron chi connectivity index (χ2n) is 3.20. The molecule has 0 aromatic carbocycles. The monoisotopic (exact) mass is 189 g/mol. The Balaban J connectivity index is 2.57. The third-order valence-corrected chi connectivity index (χ3v) is 2.10. The molecule has 14 heavy (non-hydrogen) atoms. The Bertz CT molecular complexity index is 462. The van der Waals surface area contributed by atoms with Gasteiger partial charge >= 0.3 is 0 Å². The summed E-state index contributed by atoms with van der Waals surface area (Å²) in [6.45, 7) is 3.80. The van der Waals surface area contributed by atoms with Crippen LogP contribution in [0.1, 0.15) is 11.3 Å². The zero-order valence-corrected chi connectivity index (χ0v) is 8.11. The lowest BCUT2D eigenvalue weighted by molar-refractivity contribution is 0.573. The van der Waals surface area contributed by atoms with E-state index in [2.05, 4.69) is 9.97 Å². The summed E-state index contributed by atoms with van der Waals surface area (Å²) in [5.74, 6) is 0.569. The van der Waals surface area contributed by atoms with Crippen molar-refractivity contribution in [2.75, 3.05) is 5.73 Å². The second-order valence-corrected chi connectivity index (χ2v) is 3.20. The minimum Gasteiger partial charge on any atom is -0.444 e. The van der Waals surface area contributed by atoms with Crippen LogP contribution in [0.15, 0.2) is 23.1 Å². The fourth-order valence-corrected chi connectivity index (χ4v) is 1.23. The molecular weight excluding hydrogens is 178 g/mol. The normalized spacial score (nSPS) is 10.4. The smallest absolute Gasteiger partial charge is 0.228 e. The molecule has 4 nitrogen and oxygen atoms in total. The molecule has 2 rings (SSSR count). The highest BCUT2D eigenvalue weighted by molar-refractivity contribution is 5.64. The van der Waals surface area contributed by atoms with Gasteiger partial charge in [-0.3, -0.25) is 4.98 Å². The summed E-state index contributed by atoms with van der Waals surface area (Å²) in [6.07, 6.45) is 4.93. The highest BCUT2D eigenvalue weighted by atomic mass is 16.3. The zero-order chi connectivity index (χ0) is 10.1. The summed E-state index contributed by atoms with van der Waals surface area (Å²) in [5, 5.41) is 0. The predicted molar refractivity (Wildman–Crippen MR) is 53.6 cm³/mol. The van der Waals surface area contributed by atoms with Gasteiger partial charge in [0, 0.05) is 6.20 Å². The number of nitrogens with two attached hydrogens (primary N) is 1. The summed E-state index contributed by atoms with van der Waals surface area (Å²) in [6, 6.07) is 0. The molecule has 0 saturated carbocycles. The minimum atomic E-state index is 0.569. The van der Waals surface area contributed by atoms with E-state index in [1.807, 2.05) is 13.8 Å². The first-order chi connectivity index (χ1) is 6.68. The molecule has 0 aliphatic carbocycles. The lowest BCUT2D eigenvalue weighted by atomic mass is 10.1. The number of anilines is 1. The zero-order valence-electron chi connectivity index (χ0n) is 8.11. The number of hydrogen-bond acceptors (Lipinski definition) is 4. The molecule has 0 spiro atoms. The standard InChI is InChI=1S/C10H11N3O/c1-6-5-14-10(13-6)8-3-12-4-9(11)7(8)2/h3-5H,11H2,1-2H3. The molecule has 72 valence electrons. The lowest BCUT2D eigenvalue weighted by Crippen LogP contribution is -1.94. The topological polar surface area (TPSA) is 64.9 Å². The lowest BCUT2D eigenvalue weighted by Gasteiger charge is -2.02. The molecule has 0 bridgehead atoms. The van der Waals surface area contributed by atoms with Crippen LogP contribution in [0.25, 0.3) is 11.5 Å². The summed E-state index contributed by atoms with van der Waals surface area (Å²) in [5.41, 5.74) is 9.02. The SMILES string of the molecule is Cc1coc(-c2cncc(N)c2C)n1. The number of nitrogen functional groups attached to an aromatic ring is 1. The van der Waals surface area contributed by atoms with E-state index in [1.165, 1.54) is 0 Å². The van der Waals surface area contributed by atoms with Gasteiger partial charge in [0.1, 0.15) is 6.26 Å². The van der Waals surface area contributed by atoms with Crippen LogP contribution in [0.2, 0.25) is 0 Å². The third kappa shape index (κ3) is 1.35. The van der Waals surface area contributed by atoms with Crippen LogP contribution in [0.4, 0.5) is 5.69 Å². The average molecular weight is 189 g/mol. The first kappa shape index (κ1) is 8.74. The van der Waals surface area contributed by atoms with E-state index >= 15 is 0 Å². The predicted octanol–water partition coefficient (Wildman–Crippen LogP) is 1.94. The van der Waals surface area contributed by atoms with Crippen LogP contribution in [0.5, 0.6) is 0 Å². The number of aryl methyl sites for hydroxylation is 1. The number of hydrogen-bond donors (Lipinski definition) is 1. The first-order valence-corrected chi connectivity index (χ1v) is 4.31. The van der Waals surface area contributed by atoms with Crippen LogP contribution in [0, 0.1) is 13.8 Å². The molecule has 0 fully saturated rings. The fraction of sp³-hybridized carbons (Fsp3) is 0.200. The fourth-order valence-electron chi connectivity index (χ4n) is 1.23. The van der Waals surface area contributed by atoms with E-state index in [0.717, 1.165) is 16.8 Å². The maximum atomic E-state index is 5.73. The summed E-state index contributed by atoms with van der Waals surface area (Å²) >= 11 is 0. The molecule has 0 amide bonds. The Kier molecular flexibility index (Phi) is 1.96. The average Bonchev–Trinajstić information content (AvgIpc) is 2.57. The molecule has 2 heterocycles. The van der Waals surface area contributed by atoms with Gasteiger partial charge in [0.05, 0.1) is 23.1 Å². The molecule has 0 radical (unpaired) electrons. The number of pyridine rings is 1. The largest absolute Gasteiger partial charge is 0.444 e.